The molecule has 1 aliphatic carbocycles. The molecular formula is C14H16FN3O. The normalized spacial score (nSPS) is 23.5. The minimum Gasteiger partial charge on any atom is -0.393 e. The summed E-state index contributed by atoms with van der Waals surface area (Å²) in [7, 11) is 0. The summed E-state index contributed by atoms with van der Waals surface area (Å²) in [6.07, 6.45) is 8.28. The van der Waals surface area contributed by atoms with Crippen LogP contribution in [0, 0.1) is 5.82 Å². The summed E-state index contributed by atoms with van der Waals surface area (Å²) in [4.78, 5) is 8.30. The van der Waals surface area contributed by atoms with Crippen LogP contribution in [0.15, 0.2) is 30.7 Å². The second-order valence-electron chi connectivity index (χ2n) is 4.97. The molecule has 19 heavy (non-hydrogen) atoms. The van der Waals surface area contributed by atoms with E-state index in [0.29, 0.717) is 12.2 Å². The Balaban J connectivity index is 1.96. The molecule has 5 heteroatoms. The molecule has 0 amide bonds. The van der Waals surface area contributed by atoms with E-state index >= 15 is 0 Å². The third-order valence-electron chi connectivity index (χ3n) is 3.65. The van der Waals surface area contributed by atoms with E-state index in [2.05, 4.69) is 9.97 Å². The van der Waals surface area contributed by atoms with E-state index in [9.17, 15) is 9.50 Å². The Kier molecular flexibility index (Phi) is 3.29. The van der Waals surface area contributed by atoms with E-state index in [1.165, 1.54) is 6.07 Å². The second kappa shape index (κ2) is 5.09. The highest BCUT2D eigenvalue weighted by Crippen LogP contribution is 2.32. The lowest BCUT2D eigenvalue weighted by Gasteiger charge is -2.28. The molecule has 0 saturated heterocycles. The maximum absolute atomic E-state index is 13.8. The largest absolute Gasteiger partial charge is 0.393 e. The predicted molar refractivity (Wildman–Crippen MR) is 68.9 cm³/mol. The average Bonchev–Trinajstić information content (AvgIpc) is 2.88. The summed E-state index contributed by atoms with van der Waals surface area (Å²) >= 11 is 0. The number of aliphatic hydroxyl groups is 1. The summed E-state index contributed by atoms with van der Waals surface area (Å²) in [5, 5.41) is 9.77. The SMILES string of the molecule is O[C@@H]1CCC[C@@H](n2ccnc2-c2ncccc2F)C1. The van der Waals surface area contributed by atoms with Crippen LogP contribution in [0.1, 0.15) is 31.7 Å². The van der Waals surface area contributed by atoms with Gasteiger partial charge in [-0.3, -0.25) is 0 Å². The van der Waals surface area contributed by atoms with Crippen molar-refractivity contribution >= 4 is 0 Å². The number of halogens is 1. The summed E-state index contributed by atoms with van der Waals surface area (Å²) in [5.41, 5.74) is 0.271. The molecule has 2 aromatic rings. The molecule has 0 unspecified atom stereocenters. The van der Waals surface area contributed by atoms with Gasteiger partial charge in [0, 0.05) is 24.6 Å². The van der Waals surface area contributed by atoms with Crippen LogP contribution < -0.4 is 0 Å². The van der Waals surface area contributed by atoms with E-state index in [-0.39, 0.29) is 23.7 Å². The van der Waals surface area contributed by atoms with Crippen molar-refractivity contribution in [3.05, 3.63) is 36.5 Å². The second-order valence-corrected chi connectivity index (χ2v) is 4.97. The first kappa shape index (κ1) is 12.3. The third kappa shape index (κ3) is 2.38. The van der Waals surface area contributed by atoms with Crippen molar-refractivity contribution in [1.82, 2.24) is 14.5 Å². The van der Waals surface area contributed by atoms with E-state index in [4.69, 9.17) is 0 Å². The maximum Gasteiger partial charge on any atom is 0.161 e. The Morgan fingerprint density at radius 1 is 1.26 bits per heavy atom. The van der Waals surface area contributed by atoms with Crippen molar-refractivity contribution in [2.45, 2.75) is 37.8 Å². The molecule has 4 nitrogen and oxygen atoms in total. The number of nitrogens with zero attached hydrogens (tertiary/aromatic N) is 3. The van der Waals surface area contributed by atoms with Crippen LogP contribution >= 0.6 is 0 Å². The standard InChI is InChI=1S/C14H16FN3O/c15-12-5-2-6-16-13(12)14-17-7-8-18(14)10-3-1-4-11(19)9-10/h2,5-8,10-11,19H,1,3-4,9H2/t10-,11-/m1/s1. The minimum absolute atomic E-state index is 0.169. The van der Waals surface area contributed by atoms with Crippen LogP contribution in [0.2, 0.25) is 0 Å². The molecule has 3 rings (SSSR count). The van der Waals surface area contributed by atoms with Gasteiger partial charge in [-0.05, 0) is 37.8 Å². The number of hydrogen-bond donors (Lipinski definition) is 1. The Morgan fingerprint density at radius 2 is 2.16 bits per heavy atom. The molecule has 0 aromatic carbocycles. The van der Waals surface area contributed by atoms with Crippen LogP contribution in [0.25, 0.3) is 11.5 Å². The fraction of sp³-hybridized carbons (Fsp3) is 0.429. The van der Waals surface area contributed by atoms with Gasteiger partial charge >= 0.3 is 0 Å². The lowest BCUT2D eigenvalue weighted by molar-refractivity contribution is 0.104. The van der Waals surface area contributed by atoms with Gasteiger partial charge in [-0.1, -0.05) is 0 Å². The molecule has 1 N–H and O–H groups in total. The Hall–Kier alpha value is -1.75. The van der Waals surface area contributed by atoms with Crippen LogP contribution in [0.5, 0.6) is 0 Å². The molecule has 1 aliphatic rings. The van der Waals surface area contributed by atoms with Crippen molar-refractivity contribution in [1.29, 1.82) is 0 Å². The van der Waals surface area contributed by atoms with E-state index in [1.54, 1.807) is 18.5 Å². The van der Waals surface area contributed by atoms with Gasteiger partial charge in [0.15, 0.2) is 11.6 Å². The summed E-state index contributed by atoms with van der Waals surface area (Å²) < 4.78 is 15.7. The number of pyridine rings is 1. The van der Waals surface area contributed by atoms with Crippen molar-refractivity contribution in [3.8, 4) is 11.5 Å². The molecule has 1 fully saturated rings. The van der Waals surface area contributed by atoms with E-state index in [1.807, 2.05) is 10.8 Å². The molecule has 0 spiro atoms. The first-order chi connectivity index (χ1) is 9.25. The van der Waals surface area contributed by atoms with Crippen LogP contribution in [-0.2, 0) is 0 Å². The molecule has 0 aliphatic heterocycles. The summed E-state index contributed by atoms with van der Waals surface area (Å²) in [6, 6.07) is 3.12. The number of aromatic nitrogens is 3. The minimum atomic E-state index is -0.369. The van der Waals surface area contributed by atoms with Gasteiger partial charge in [0.25, 0.3) is 0 Å². The van der Waals surface area contributed by atoms with Gasteiger partial charge in [0.1, 0.15) is 5.69 Å². The van der Waals surface area contributed by atoms with Crippen molar-refractivity contribution in [3.63, 3.8) is 0 Å². The first-order valence-electron chi connectivity index (χ1n) is 6.57. The Bertz CT molecular complexity index is 569. The monoisotopic (exact) mass is 261 g/mol. The zero-order valence-electron chi connectivity index (χ0n) is 10.5. The number of aliphatic hydroxyl groups excluding tert-OH is 1. The smallest absolute Gasteiger partial charge is 0.161 e. The van der Waals surface area contributed by atoms with Gasteiger partial charge in [0.05, 0.1) is 6.10 Å². The zero-order chi connectivity index (χ0) is 13.2. The molecule has 0 bridgehead atoms. The summed E-state index contributed by atoms with van der Waals surface area (Å²) in [5.74, 6) is 0.170. The van der Waals surface area contributed by atoms with Gasteiger partial charge in [-0.25, -0.2) is 14.4 Å². The highest BCUT2D eigenvalue weighted by molar-refractivity contribution is 5.50. The van der Waals surface area contributed by atoms with Crippen LogP contribution in [-0.4, -0.2) is 25.7 Å². The number of imidazole rings is 1. The maximum atomic E-state index is 13.8. The Morgan fingerprint density at radius 3 is 2.95 bits per heavy atom. The highest BCUT2D eigenvalue weighted by Gasteiger charge is 2.24. The third-order valence-corrected chi connectivity index (χ3v) is 3.65. The fourth-order valence-electron chi connectivity index (χ4n) is 2.73. The average molecular weight is 261 g/mol. The molecule has 2 aromatic heterocycles. The van der Waals surface area contributed by atoms with Crippen molar-refractivity contribution < 1.29 is 9.50 Å². The Labute approximate surface area is 110 Å². The summed E-state index contributed by atoms with van der Waals surface area (Å²) in [6.45, 7) is 0. The first-order valence-corrected chi connectivity index (χ1v) is 6.57. The molecule has 1 saturated carbocycles. The lowest BCUT2D eigenvalue weighted by Crippen LogP contribution is -2.22. The number of hydrogen-bond acceptors (Lipinski definition) is 3. The van der Waals surface area contributed by atoms with E-state index in [0.717, 1.165) is 19.3 Å². The van der Waals surface area contributed by atoms with Crippen molar-refractivity contribution in [2.24, 2.45) is 0 Å². The van der Waals surface area contributed by atoms with E-state index < -0.39 is 0 Å². The van der Waals surface area contributed by atoms with Gasteiger partial charge in [-0.15, -0.1) is 0 Å². The molecule has 100 valence electrons. The molecule has 0 radical (unpaired) electrons. The topological polar surface area (TPSA) is 50.9 Å². The molecular weight excluding hydrogens is 245 g/mol. The highest BCUT2D eigenvalue weighted by atomic mass is 19.1. The lowest BCUT2D eigenvalue weighted by atomic mass is 9.93. The van der Waals surface area contributed by atoms with Gasteiger partial charge < -0.3 is 9.67 Å². The van der Waals surface area contributed by atoms with Crippen LogP contribution in [0.3, 0.4) is 0 Å². The fourth-order valence-corrected chi connectivity index (χ4v) is 2.73. The van der Waals surface area contributed by atoms with Gasteiger partial charge in [-0.2, -0.15) is 0 Å². The van der Waals surface area contributed by atoms with Crippen LogP contribution in [0.4, 0.5) is 4.39 Å². The van der Waals surface area contributed by atoms with Crippen molar-refractivity contribution in [2.75, 3.05) is 0 Å². The quantitative estimate of drug-likeness (QED) is 0.904. The molecule has 2 heterocycles. The predicted octanol–water partition coefficient (Wildman–Crippen LogP) is 2.56. The number of rotatable bonds is 2. The van der Waals surface area contributed by atoms with Gasteiger partial charge in [0.2, 0.25) is 0 Å². The molecule has 2 atom stereocenters. The zero-order valence-corrected chi connectivity index (χ0v) is 10.5.